The minimum absolute atomic E-state index is 0.299. The van der Waals surface area contributed by atoms with Gasteiger partial charge in [0.2, 0.25) is 0 Å². The molecule has 114 valence electrons. The topological polar surface area (TPSA) is 76.7 Å². The summed E-state index contributed by atoms with van der Waals surface area (Å²) in [5, 5.41) is 4.10. The number of ether oxygens (including phenoxy) is 1. The summed E-state index contributed by atoms with van der Waals surface area (Å²) in [5.74, 6) is 0.364. The first kappa shape index (κ1) is 16.0. The zero-order chi connectivity index (χ0) is 16.1. The second kappa shape index (κ2) is 7.09. The smallest absolute Gasteiger partial charge is 0.271 e. The van der Waals surface area contributed by atoms with E-state index >= 15 is 0 Å². The molecule has 5 nitrogen and oxygen atoms in total. The molecule has 0 saturated heterocycles. The molecule has 0 radical (unpaired) electrons. The third-order valence-electron chi connectivity index (χ3n) is 3.04. The number of halogens is 1. The highest BCUT2D eigenvalue weighted by Crippen LogP contribution is 2.25. The van der Waals surface area contributed by atoms with E-state index in [4.69, 9.17) is 10.5 Å². The molecule has 22 heavy (non-hydrogen) atoms. The van der Waals surface area contributed by atoms with Gasteiger partial charge in [0.05, 0.1) is 17.3 Å². The summed E-state index contributed by atoms with van der Waals surface area (Å²) in [6.45, 7) is 1.80. The Labute approximate surface area is 137 Å². The second-order valence-electron chi connectivity index (χ2n) is 4.61. The fraction of sp³-hybridized carbons (Fsp3) is 0.125. The van der Waals surface area contributed by atoms with Crippen molar-refractivity contribution in [1.82, 2.24) is 5.43 Å². The lowest BCUT2D eigenvalue weighted by Gasteiger charge is -2.06. The Bertz CT molecular complexity index is 729. The maximum absolute atomic E-state index is 12.1. The average molecular weight is 362 g/mol. The molecule has 0 heterocycles. The molecule has 0 aliphatic rings. The molecular weight excluding hydrogens is 346 g/mol. The number of methoxy groups -OCH3 is 1. The predicted octanol–water partition coefficient (Wildman–Crippen LogP) is 3.19. The van der Waals surface area contributed by atoms with Gasteiger partial charge in [-0.15, -0.1) is 0 Å². The molecule has 0 atom stereocenters. The monoisotopic (exact) mass is 361 g/mol. The first-order valence-electron chi connectivity index (χ1n) is 6.55. The zero-order valence-electron chi connectivity index (χ0n) is 12.3. The molecule has 0 saturated carbocycles. The lowest BCUT2D eigenvalue weighted by molar-refractivity contribution is 0.0954. The van der Waals surface area contributed by atoms with Crippen LogP contribution in [0, 0.1) is 0 Å². The molecule has 0 aliphatic heterocycles. The van der Waals surface area contributed by atoms with Gasteiger partial charge >= 0.3 is 0 Å². The van der Waals surface area contributed by atoms with Crippen molar-refractivity contribution >= 4 is 33.2 Å². The predicted molar refractivity (Wildman–Crippen MR) is 91.2 cm³/mol. The number of carbonyl (C=O) groups excluding carboxylic acids is 1. The molecule has 2 aromatic rings. The van der Waals surface area contributed by atoms with Crippen LogP contribution < -0.4 is 15.9 Å². The van der Waals surface area contributed by atoms with Crippen molar-refractivity contribution in [2.24, 2.45) is 5.10 Å². The summed E-state index contributed by atoms with van der Waals surface area (Å²) in [6, 6.07) is 12.4. The van der Waals surface area contributed by atoms with Gasteiger partial charge < -0.3 is 10.5 Å². The minimum Gasteiger partial charge on any atom is -0.496 e. The highest BCUT2D eigenvalue weighted by atomic mass is 79.9. The number of benzene rings is 2. The molecule has 0 aromatic heterocycles. The molecule has 0 fully saturated rings. The molecule has 2 rings (SSSR count). The van der Waals surface area contributed by atoms with Crippen molar-refractivity contribution in [3.8, 4) is 5.75 Å². The summed E-state index contributed by atoms with van der Waals surface area (Å²) < 4.78 is 5.84. The van der Waals surface area contributed by atoms with E-state index in [1.54, 1.807) is 44.4 Å². The molecular formula is C16H16BrN3O2. The van der Waals surface area contributed by atoms with Crippen LogP contribution >= 0.6 is 15.9 Å². The number of nitrogens with two attached hydrogens (primary N) is 1. The van der Waals surface area contributed by atoms with Gasteiger partial charge in [-0.1, -0.05) is 12.1 Å². The maximum atomic E-state index is 12.1. The summed E-state index contributed by atoms with van der Waals surface area (Å²) >= 11 is 3.35. The van der Waals surface area contributed by atoms with Crippen molar-refractivity contribution in [3.05, 3.63) is 58.1 Å². The summed E-state index contributed by atoms with van der Waals surface area (Å²) in [6.07, 6.45) is 0. The Morgan fingerprint density at radius 2 is 2.00 bits per heavy atom. The normalized spacial score (nSPS) is 11.1. The van der Waals surface area contributed by atoms with Gasteiger partial charge in [0.15, 0.2) is 0 Å². The van der Waals surface area contributed by atoms with E-state index in [0.29, 0.717) is 27.2 Å². The van der Waals surface area contributed by atoms with Crippen LogP contribution in [0.2, 0.25) is 0 Å². The Kier molecular flexibility index (Phi) is 5.16. The van der Waals surface area contributed by atoms with Gasteiger partial charge in [-0.25, -0.2) is 5.43 Å². The summed E-state index contributed by atoms with van der Waals surface area (Å²) in [4.78, 5) is 12.1. The number of amides is 1. The van der Waals surface area contributed by atoms with Crippen LogP contribution in [0.25, 0.3) is 0 Å². The Hall–Kier alpha value is -2.34. The van der Waals surface area contributed by atoms with Crippen LogP contribution in [-0.4, -0.2) is 18.7 Å². The van der Waals surface area contributed by atoms with Crippen molar-refractivity contribution < 1.29 is 9.53 Å². The summed E-state index contributed by atoms with van der Waals surface area (Å²) in [5.41, 5.74) is 10.9. The molecule has 3 N–H and O–H groups in total. The van der Waals surface area contributed by atoms with Gasteiger partial charge in [-0.3, -0.25) is 4.79 Å². The Morgan fingerprint density at radius 3 is 2.64 bits per heavy atom. The van der Waals surface area contributed by atoms with Gasteiger partial charge in [-0.05, 0) is 58.7 Å². The fourth-order valence-corrected chi connectivity index (χ4v) is 2.38. The SMILES string of the molecule is COc1ccc(C(=O)N/N=C(\C)c2cccc(N)c2)cc1Br. The quantitative estimate of drug-likeness (QED) is 0.498. The first-order chi connectivity index (χ1) is 10.5. The van der Waals surface area contributed by atoms with E-state index in [1.165, 1.54) is 0 Å². The lowest BCUT2D eigenvalue weighted by atomic mass is 10.1. The second-order valence-corrected chi connectivity index (χ2v) is 5.47. The van der Waals surface area contributed by atoms with Gasteiger partial charge in [0.1, 0.15) is 5.75 Å². The minimum atomic E-state index is -0.299. The molecule has 0 unspecified atom stereocenters. The van der Waals surface area contributed by atoms with Crippen molar-refractivity contribution in [1.29, 1.82) is 0 Å². The largest absolute Gasteiger partial charge is 0.496 e. The molecule has 0 aliphatic carbocycles. The fourth-order valence-electron chi connectivity index (χ4n) is 1.84. The number of hydrogen-bond acceptors (Lipinski definition) is 4. The zero-order valence-corrected chi connectivity index (χ0v) is 13.8. The van der Waals surface area contributed by atoms with E-state index in [0.717, 1.165) is 5.56 Å². The Balaban J connectivity index is 2.12. The van der Waals surface area contributed by atoms with Crippen LogP contribution in [0.15, 0.2) is 52.0 Å². The summed E-state index contributed by atoms with van der Waals surface area (Å²) in [7, 11) is 1.57. The van der Waals surface area contributed by atoms with Gasteiger partial charge in [-0.2, -0.15) is 5.10 Å². The number of rotatable bonds is 4. The van der Waals surface area contributed by atoms with Crippen LogP contribution in [0.4, 0.5) is 5.69 Å². The van der Waals surface area contributed by atoms with E-state index in [-0.39, 0.29) is 5.91 Å². The first-order valence-corrected chi connectivity index (χ1v) is 7.34. The standard InChI is InChI=1S/C16H16BrN3O2/c1-10(11-4-3-5-13(18)8-11)19-20-16(21)12-6-7-15(22-2)14(17)9-12/h3-9H,18H2,1-2H3,(H,20,21)/b19-10+. The number of nitrogens with zero attached hydrogens (tertiary/aromatic N) is 1. The van der Waals surface area contributed by atoms with E-state index in [9.17, 15) is 4.79 Å². The lowest BCUT2D eigenvalue weighted by Crippen LogP contribution is -2.19. The van der Waals surface area contributed by atoms with E-state index in [1.807, 2.05) is 12.1 Å². The van der Waals surface area contributed by atoms with E-state index in [2.05, 4.69) is 26.5 Å². The van der Waals surface area contributed by atoms with Crippen LogP contribution in [-0.2, 0) is 0 Å². The number of nitrogens with one attached hydrogen (secondary N) is 1. The number of anilines is 1. The number of hydrogen-bond donors (Lipinski definition) is 2. The highest BCUT2D eigenvalue weighted by molar-refractivity contribution is 9.10. The Morgan fingerprint density at radius 1 is 1.23 bits per heavy atom. The van der Waals surface area contributed by atoms with Gasteiger partial charge in [0, 0.05) is 11.3 Å². The molecule has 1 amide bonds. The van der Waals surface area contributed by atoms with Crippen molar-refractivity contribution in [3.63, 3.8) is 0 Å². The van der Waals surface area contributed by atoms with Crippen molar-refractivity contribution in [2.75, 3.05) is 12.8 Å². The molecule has 6 heteroatoms. The number of hydrazone groups is 1. The third-order valence-corrected chi connectivity index (χ3v) is 3.66. The number of carbonyl (C=O) groups is 1. The molecule has 2 aromatic carbocycles. The van der Waals surface area contributed by atoms with E-state index < -0.39 is 0 Å². The molecule has 0 spiro atoms. The van der Waals surface area contributed by atoms with Gasteiger partial charge in [0.25, 0.3) is 5.91 Å². The number of nitrogen functional groups attached to an aromatic ring is 1. The maximum Gasteiger partial charge on any atom is 0.271 e. The highest BCUT2D eigenvalue weighted by Gasteiger charge is 2.08. The van der Waals surface area contributed by atoms with Crippen LogP contribution in [0.5, 0.6) is 5.75 Å². The third kappa shape index (κ3) is 3.85. The average Bonchev–Trinajstić information content (AvgIpc) is 2.52. The van der Waals surface area contributed by atoms with Crippen LogP contribution in [0.1, 0.15) is 22.8 Å². The molecule has 0 bridgehead atoms. The van der Waals surface area contributed by atoms with Crippen molar-refractivity contribution in [2.45, 2.75) is 6.92 Å². The van der Waals surface area contributed by atoms with Crippen LogP contribution in [0.3, 0.4) is 0 Å².